The van der Waals surface area contributed by atoms with Crippen LogP contribution >= 0.6 is 0 Å². The standard InChI is InChI=1S/C22H24F3N3O3/c1-13(2)10-21(31,22(23,24)25)12-26-18-7-14(3)8-19-17(18)11-27-28(19)16-6-4-5-15(9-16)20(29)30/h4-9,11,13,26,31H,10,12H2,1-3H3,(H,29,30). The van der Waals surface area contributed by atoms with Crippen LogP contribution in [-0.2, 0) is 0 Å². The number of halogens is 3. The van der Waals surface area contributed by atoms with E-state index in [0.29, 0.717) is 22.3 Å². The second-order valence-corrected chi connectivity index (χ2v) is 8.14. The number of carboxylic acid groups (broad SMARTS) is 1. The van der Waals surface area contributed by atoms with E-state index in [-0.39, 0.29) is 11.5 Å². The molecular weight excluding hydrogens is 411 g/mol. The number of rotatable bonds is 7. The number of hydrogen-bond acceptors (Lipinski definition) is 4. The van der Waals surface area contributed by atoms with Crippen molar-refractivity contribution in [1.29, 1.82) is 0 Å². The zero-order valence-electron chi connectivity index (χ0n) is 17.4. The molecule has 1 aromatic heterocycles. The van der Waals surface area contributed by atoms with Crippen molar-refractivity contribution in [2.24, 2.45) is 5.92 Å². The van der Waals surface area contributed by atoms with Gasteiger partial charge in [-0.25, -0.2) is 9.48 Å². The number of hydrogen-bond donors (Lipinski definition) is 3. The van der Waals surface area contributed by atoms with Gasteiger partial charge in [-0.05, 0) is 55.2 Å². The van der Waals surface area contributed by atoms with Crippen LogP contribution in [0.25, 0.3) is 16.6 Å². The first-order valence-corrected chi connectivity index (χ1v) is 9.76. The molecule has 0 aliphatic carbocycles. The van der Waals surface area contributed by atoms with E-state index in [1.54, 1.807) is 39.0 Å². The first-order valence-electron chi connectivity index (χ1n) is 9.76. The number of anilines is 1. The van der Waals surface area contributed by atoms with Crippen LogP contribution in [0.5, 0.6) is 0 Å². The van der Waals surface area contributed by atoms with Gasteiger partial charge in [0.1, 0.15) is 0 Å². The van der Waals surface area contributed by atoms with E-state index in [0.717, 1.165) is 5.56 Å². The highest BCUT2D eigenvalue weighted by molar-refractivity contribution is 5.93. The van der Waals surface area contributed by atoms with Gasteiger partial charge in [0.15, 0.2) is 5.60 Å². The SMILES string of the molecule is Cc1cc(NCC(O)(CC(C)C)C(F)(F)F)c2cnn(-c3cccc(C(=O)O)c3)c2c1. The molecule has 0 fully saturated rings. The van der Waals surface area contributed by atoms with Crippen LogP contribution in [0.3, 0.4) is 0 Å². The van der Waals surface area contributed by atoms with E-state index in [2.05, 4.69) is 10.4 Å². The molecule has 0 radical (unpaired) electrons. The summed E-state index contributed by atoms with van der Waals surface area (Å²) >= 11 is 0. The minimum atomic E-state index is -4.78. The number of nitrogens with one attached hydrogen (secondary N) is 1. The molecular formula is C22H24F3N3O3. The Labute approximate surface area is 177 Å². The van der Waals surface area contributed by atoms with Crippen molar-refractivity contribution < 1.29 is 28.2 Å². The molecule has 3 N–H and O–H groups in total. The van der Waals surface area contributed by atoms with Gasteiger partial charge in [-0.1, -0.05) is 19.9 Å². The number of nitrogens with zero attached hydrogens (tertiary/aromatic N) is 2. The third kappa shape index (κ3) is 4.66. The molecule has 0 aliphatic heterocycles. The number of alkyl halides is 3. The average Bonchev–Trinajstić information content (AvgIpc) is 3.08. The van der Waals surface area contributed by atoms with Crippen LogP contribution in [0.15, 0.2) is 42.6 Å². The fourth-order valence-electron chi connectivity index (χ4n) is 3.59. The molecule has 1 heterocycles. The first-order chi connectivity index (χ1) is 14.4. The number of aromatic carboxylic acids is 1. The molecule has 3 aromatic rings. The molecule has 0 saturated carbocycles. The average molecular weight is 435 g/mol. The second-order valence-electron chi connectivity index (χ2n) is 8.14. The van der Waals surface area contributed by atoms with Crippen molar-refractivity contribution in [3.05, 3.63) is 53.7 Å². The second kappa shape index (κ2) is 8.22. The largest absolute Gasteiger partial charge is 0.478 e. The van der Waals surface area contributed by atoms with Gasteiger partial charge in [-0.2, -0.15) is 18.3 Å². The van der Waals surface area contributed by atoms with Crippen LogP contribution in [0.1, 0.15) is 36.2 Å². The van der Waals surface area contributed by atoms with Crippen LogP contribution in [0.2, 0.25) is 0 Å². The van der Waals surface area contributed by atoms with Crippen LogP contribution in [-0.4, -0.2) is 44.3 Å². The van der Waals surface area contributed by atoms with Gasteiger partial charge in [0, 0.05) is 11.1 Å². The van der Waals surface area contributed by atoms with Crippen molar-refractivity contribution >= 4 is 22.6 Å². The summed E-state index contributed by atoms with van der Waals surface area (Å²) in [6.45, 7) is 4.33. The summed E-state index contributed by atoms with van der Waals surface area (Å²) in [6, 6.07) is 9.72. The lowest BCUT2D eigenvalue weighted by molar-refractivity contribution is -0.259. The third-order valence-corrected chi connectivity index (χ3v) is 5.02. The maximum atomic E-state index is 13.5. The molecule has 0 bridgehead atoms. The predicted molar refractivity (Wildman–Crippen MR) is 112 cm³/mol. The Morgan fingerprint density at radius 3 is 2.55 bits per heavy atom. The van der Waals surface area contributed by atoms with Crippen molar-refractivity contribution in [3.8, 4) is 5.69 Å². The number of fused-ring (bicyclic) bond motifs is 1. The predicted octanol–water partition coefficient (Wildman–Crippen LogP) is 4.78. The van der Waals surface area contributed by atoms with Gasteiger partial charge < -0.3 is 15.5 Å². The maximum Gasteiger partial charge on any atom is 0.418 e. The molecule has 1 unspecified atom stereocenters. The Morgan fingerprint density at radius 1 is 1.23 bits per heavy atom. The Morgan fingerprint density at radius 2 is 1.94 bits per heavy atom. The quantitative estimate of drug-likeness (QED) is 0.497. The Balaban J connectivity index is 2.00. The molecule has 6 nitrogen and oxygen atoms in total. The fourth-order valence-corrected chi connectivity index (χ4v) is 3.59. The van der Waals surface area contributed by atoms with Crippen molar-refractivity contribution in [3.63, 3.8) is 0 Å². The lowest BCUT2D eigenvalue weighted by atomic mass is 9.91. The monoisotopic (exact) mass is 435 g/mol. The smallest absolute Gasteiger partial charge is 0.418 e. The molecule has 2 aromatic carbocycles. The van der Waals surface area contributed by atoms with Gasteiger partial charge in [0.2, 0.25) is 0 Å². The highest BCUT2D eigenvalue weighted by Crippen LogP contribution is 2.36. The molecule has 31 heavy (non-hydrogen) atoms. The zero-order valence-corrected chi connectivity index (χ0v) is 17.4. The van der Waals surface area contributed by atoms with Gasteiger partial charge in [0.05, 0.1) is 29.5 Å². The van der Waals surface area contributed by atoms with E-state index in [1.165, 1.54) is 23.0 Å². The van der Waals surface area contributed by atoms with Crippen molar-refractivity contribution in [1.82, 2.24) is 9.78 Å². The number of carbonyl (C=O) groups is 1. The lowest BCUT2D eigenvalue weighted by Crippen LogP contribution is -2.51. The maximum absolute atomic E-state index is 13.5. The summed E-state index contributed by atoms with van der Waals surface area (Å²) in [7, 11) is 0. The summed E-state index contributed by atoms with van der Waals surface area (Å²) in [5.74, 6) is -1.43. The Hall–Kier alpha value is -3.07. The minimum Gasteiger partial charge on any atom is -0.478 e. The van der Waals surface area contributed by atoms with Gasteiger partial charge in [0.25, 0.3) is 0 Å². The summed E-state index contributed by atoms with van der Waals surface area (Å²) in [5.41, 5.74) is -0.491. The summed E-state index contributed by atoms with van der Waals surface area (Å²) in [4.78, 5) is 11.3. The number of carboxylic acids is 1. The summed E-state index contributed by atoms with van der Waals surface area (Å²) < 4.78 is 42.1. The molecule has 0 spiro atoms. The minimum absolute atomic E-state index is 0.0936. The molecule has 0 saturated heterocycles. The highest BCUT2D eigenvalue weighted by Gasteiger charge is 2.53. The Bertz CT molecular complexity index is 1110. The molecule has 1 atom stereocenters. The van der Waals surface area contributed by atoms with E-state index in [4.69, 9.17) is 0 Å². The number of aromatic nitrogens is 2. The highest BCUT2D eigenvalue weighted by atomic mass is 19.4. The van der Waals surface area contributed by atoms with Gasteiger partial charge in [-0.3, -0.25) is 0 Å². The number of benzene rings is 2. The van der Waals surface area contributed by atoms with E-state index < -0.39 is 30.7 Å². The fraction of sp³-hybridized carbons (Fsp3) is 0.364. The number of aliphatic hydroxyl groups is 1. The molecule has 9 heteroatoms. The van der Waals surface area contributed by atoms with Crippen LogP contribution in [0.4, 0.5) is 18.9 Å². The van der Waals surface area contributed by atoms with Crippen molar-refractivity contribution in [2.45, 2.75) is 39.0 Å². The normalized spacial score (nSPS) is 14.1. The Kier molecular flexibility index (Phi) is 6.00. The molecule has 166 valence electrons. The van der Waals surface area contributed by atoms with Gasteiger partial charge >= 0.3 is 12.1 Å². The lowest BCUT2D eigenvalue weighted by Gasteiger charge is -2.32. The van der Waals surface area contributed by atoms with E-state index >= 15 is 0 Å². The topological polar surface area (TPSA) is 87.4 Å². The number of aryl methyl sites for hydroxylation is 1. The molecule has 0 amide bonds. The molecule has 0 aliphatic rings. The zero-order chi connectivity index (χ0) is 23.0. The van der Waals surface area contributed by atoms with E-state index in [9.17, 15) is 28.2 Å². The van der Waals surface area contributed by atoms with Crippen LogP contribution < -0.4 is 5.32 Å². The first kappa shape index (κ1) is 22.6. The van der Waals surface area contributed by atoms with Crippen molar-refractivity contribution in [2.75, 3.05) is 11.9 Å². The third-order valence-electron chi connectivity index (χ3n) is 5.02. The summed E-state index contributed by atoms with van der Waals surface area (Å²) in [5, 5.41) is 27.2. The summed E-state index contributed by atoms with van der Waals surface area (Å²) in [6.07, 6.45) is -3.71. The molecule has 3 rings (SSSR count). The van der Waals surface area contributed by atoms with Gasteiger partial charge in [-0.15, -0.1) is 0 Å². The van der Waals surface area contributed by atoms with E-state index in [1.807, 2.05) is 6.07 Å². The van der Waals surface area contributed by atoms with Crippen LogP contribution in [0, 0.1) is 12.8 Å².